The van der Waals surface area contributed by atoms with Gasteiger partial charge in [0, 0.05) is 12.8 Å². The molecule has 1 saturated carbocycles. The van der Waals surface area contributed by atoms with Gasteiger partial charge in [-0.25, -0.2) is 13.4 Å². The topological polar surface area (TPSA) is 59.1 Å². The third kappa shape index (κ3) is 4.20. The van der Waals surface area contributed by atoms with Crippen LogP contribution in [0.2, 0.25) is 0 Å². The van der Waals surface area contributed by atoms with Crippen LogP contribution >= 0.6 is 0 Å². The van der Waals surface area contributed by atoms with Crippen LogP contribution in [0.4, 0.5) is 5.69 Å². The van der Waals surface area contributed by atoms with Gasteiger partial charge in [0.2, 0.25) is 0 Å². The van der Waals surface area contributed by atoms with Gasteiger partial charge in [-0.2, -0.15) is 0 Å². The number of pyridine rings is 1. The molecule has 0 spiro atoms. The molecule has 0 aliphatic heterocycles. The highest BCUT2D eigenvalue weighted by atomic mass is 32.2. The number of nitrogens with zero attached hydrogens (tertiary/aromatic N) is 1. The van der Waals surface area contributed by atoms with E-state index in [2.05, 4.69) is 17.2 Å². The molecule has 1 aliphatic carbocycles. The lowest BCUT2D eigenvalue weighted by Crippen LogP contribution is -2.20. The fourth-order valence-electron chi connectivity index (χ4n) is 2.50. The summed E-state index contributed by atoms with van der Waals surface area (Å²) in [7, 11) is -3.20. The quantitative estimate of drug-likeness (QED) is 0.922. The normalized spacial score (nSPS) is 24.1. The maximum atomic E-state index is 11.3. The molecule has 0 aromatic carbocycles. The van der Waals surface area contributed by atoms with Crippen LogP contribution in [0.1, 0.15) is 32.6 Å². The number of nitrogens with one attached hydrogen (secondary N) is 1. The van der Waals surface area contributed by atoms with Gasteiger partial charge in [-0.1, -0.05) is 19.8 Å². The Labute approximate surface area is 115 Å². The van der Waals surface area contributed by atoms with Gasteiger partial charge in [0.1, 0.15) is 0 Å². The zero-order chi connectivity index (χ0) is 13.9. The minimum Gasteiger partial charge on any atom is -0.384 e. The molecule has 106 valence electrons. The minimum atomic E-state index is -3.20. The second-order valence-corrected chi connectivity index (χ2v) is 7.63. The molecular weight excluding hydrogens is 260 g/mol. The summed E-state index contributed by atoms with van der Waals surface area (Å²) in [6, 6.07) is 3.34. The van der Waals surface area contributed by atoms with Crippen molar-refractivity contribution in [3.63, 3.8) is 0 Å². The van der Waals surface area contributed by atoms with E-state index in [1.54, 1.807) is 18.3 Å². The first kappa shape index (κ1) is 14.3. The average molecular weight is 282 g/mol. The molecule has 1 aliphatic rings. The summed E-state index contributed by atoms with van der Waals surface area (Å²) in [6.07, 6.45) is 7.97. The van der Waals surface area contributed by atoms with Crippen molar-refractivity contribution < 1.29 is 8.42 Å². The van der Waals surface area contributed by atoms with Crippen LogP contribution in [0.5, 0.6) is 0 Å². The van der Waals surface area contributed by atoms with Gasteiger partial charge in [-0.05, 0) is 36.8 Å². The van der Waals surface area contributed by atoms with Gasteiger partial charge < -0.3 is 5.32 Å². The molecule has 2 rings (SSSR count). The van der Waals surface area contributed by atoms with E-state index in [1.165, 1.54) is 31.9 Å². The average Bonchev–Trinajstić information content (AvgIpc) is 2.37. The Morgan fingerprint density at radius 2 is 1.95 bits per heavy atom. The van der Waals surface area contributed by atoms with Crippen LogP contribution in [0.15, 0.2) is 23.4 Å². The Kier molecular flexibility index (Phi) is 4.45. The standard InChI is InChI=1S/C14H22N2O2S/c1-11-3-5-12(6-4-11)9-15-13-7-8-14(16-10-13)19(2,17)18/h7-8,10-12,15H,3-6,9H2,1-2H3. The molecule has 0 amide bonds. The monoisotopic (exact) mass is 282 g/mol. The van der Waals surface area contributed by atoms with Crippen LogP contribution in [0, 0.1) is 11.8 Å². The molecule has 0 atom stereocenters. The van der Waals surface area contributed by atoms with E-state index in [0.29, 0.717) is 0 Å². The summed E-state index contributed by atoms with van der Waals surface area (Å²) in [6.45, 7) is 3.27. The zero-order valence-electron chi connectivity index (χ0n) is 11.6. The molecular formula is C14H22N2O2S. The lowest BCUT2D eigenvalue weighted by atomic mass is 9.83. The molecule has 5 heteroatoms. The van der Waals surface area contributed by atoms with Gasteiger partial charge in [0.05, 0.1) is 11.9 Å². The van der Waals surface area contributed by atoms with Crippen LogP contribution in [-0.4, -0.2) is 26.2 Å². The Morgan fingerprint density at radius 3 is 2.47 bits per heavy atom. The first-order valence-corrected chi connectivity index (χ1v) is 8.74. The van der Waals surface area contributed by atoms with E-state index < -0.39 is 9.84 Å². The van der Waals surface area contributed by atoms with Crippen molar-refractivity contribution >= 4 is 15.5 Å². The van der Waals surface area contributed by atoms with E-state index in [4.69, 9.17) is 0 Å². The summed E-state index contributed by atoms with van der Waals surface area (Å²) >= 11 is 0. The van der Waals surface area contributed by atoms with Crippen molar-refractivity contribution in [3.05, 3.63) is 18.3 Å². The molecule has 1 aromatic rings. The molecule has 0 unspecified atom stereocenters. The van der Waals surface area contributed by atoms with Crippen LogP contribution < -0.4 is 5.32 Å². The lowest BCUT2D eigenvalue weighted by molar-refractivity contribution is 0.300. The molecule has 1 fully saturated rings. The number of aromatic nitrogens is 1. The molecule has 1 aromatic heterocycles. The predicted molar refractivity (Wildman–Crippen MR) is 77.0 cm³/mol. The Bertz CT molecular complexity index is 503. The summed E-state index contributed by atoms with van der Waals surface area (Å²) in [4.78, 5) is 3.98. The summed E-state index contributed by atoms with van der Waals surface area (Å²) in [5.74, 6) is 1.60. The maximum Gasteiger partial charge on any atom is 0.192 e. The van der Waals surface area contributed by atoms with E-state index in [-0.39, 0.29) is 5.03 Å². The first-order chi connectivity index (χ1) is 8.95. The summed E-state index contributed by atoms with van der Waals surface area (Å²) < 4.78 is 22.6. The Balaban J connectivity index is 1.87. The lowest BCUT2D eigenvalue weighted by Gasteiger charge is -2.26. The highest BCUT2D eigenvalue weighted by Crippen LogP contribution is 2.28. The Morgan fingerprint density at radius 1 is 1.26 bits per heavy atom. The summed E-state index contributed by atoms with van der Waals surface area (Å²) in [5, 5.41) is 3.48. The van der Waals surface area contributed by atoms with E-state index in [9.17, 15) is 8.42 Å². The molecule has 19 heavy (non-hydrogen) atoms. The van der Waals surface area contributed by atoms with E-state index >= 15 is 0 Å². The van der Waals surface area contributed by atoms with Gasteiger partial charge in [0.15, 0.2) is 14.9 Å². The molecule has 0 bridgehead atoms. The fourth-order valence-corrected chi connectivity index (χ4v) is 3.06. The van der Waals surface area contributed by atoms with Crippen molar-refractivity contribution in [2.45, 2.75) is 37.6 Å². The van der Waals surface area contributed by atoms with Crippen LogP contribution in [-0.2, 0) is 9.84 Å². The molecule has 0 radical (unpaired) electrons. The van der Waals surface area contributed by atoms with Crippen LogP contribution in [0.25, 0.3) is 0 Å². The second-order valence-electron chi connectivity index (χ2n) is 5.66. The number of anilines is 1. The van der Waals surface area contributed by atoms with Crippen molar-refractivity contribution in [1.82, 2.24) is 4.98 Å². The predicted octanol–water partition coefficient (Wildman–Crippen LogP) is 2.72. The van der Waals surface area contributed by atoms with Crippen molar-refractivity contribution in [1.29, 1.82) is 0 Å². The van der Waals surface area contributed by atoms with Gasteiger partial charge in [0.25, 0.3) is 0 Å². The smallest absolute Gasteiger partial charge is 0.192 e. The maximum absolute atomic E-state index is 11.3. The zero-order valence-corrected chi connectivity index (χ0v) is 12.4. The molecule has 0 saturated heterocycles. The van der Waals surface area contributed by atoms with Crippen molar-refractivity contribution in [2.24, 2.45) is 11.8 Å². The number of hydrogen-bond donors (Lipinski definition) is 1. The Hall–Kier alpha value is -1.10. The number of sulfone groups is 1. The van der Waals surface area contributed by atoms with Crippen molar-refractivity contribution in [2.75, 3.05) is 18.1 Å². The van der Waals surface area contributed by atoms with Gasteiger partial charge in [-0.3, -0.25) is 0 Å². The van der Waals surface area contributed by atoms with Crippen molar-refractivity contribution in [3.8, 4) is 0 Å². The molecule has 4 nitrogen and oxygen atoms in total. The third-order valence-electron chi connectivity index (χ3n) is 3.85. The molecule has 1 heterocycles. The third-order valence-corrected chi connectivity index (χ3v) is 4.85. The largest absolute Gasteiger partial charge is 0.384 e. The molecule has 1 N–H and O–H groups in total. The van der Waals surface area contributed by atoms with E-state index in [0.717, 1.165) is 24.1 Å². The minimum absolute atomic E-state index is 0.129. The first-order valence-electron chi connectivity index (χ1n) is 6.85. The fraction of sp³-hybridized carbons (Fsp3) is 0.643. The van der Waals surface area contributed by atoms with E-state index in [1.807, 2.05) is 0 Å². The SMILES string of the molecule is CC1CCC(CNc2ccc(S(C)(=O)=O)nc2)CC1. The highest BCUT2D eigenvalue weighted by Gasteiger charge is 2.17. The second kappa shape index (κ2) is 5.90. The van der Waals surface area contributed by atoms with Gasteiger partial charge in [-0.15, -0.1) is 0 Å². The number of hydrogen-bond acceptors (Lipinski definition) is 4. The number of rotatable bonds is 4. The summed E-state index contributed by atoms with van der Waals surface area (Å²) in [5.41, 5.74) is 0.894. The highest BCUT2D eigenvalue weighted by molar-refractivity contribution is 7.90. The van der Waals surface area contributed by atoms with Gasteiger partial charge >= 0.3 is 0 Å². The van der Waals surface area contributed by atoms with Crippen LogP contribution in [0.3, 0.4) is 0 Å².